The van der Waals surface area contributed by atoms with Gasteiger partial charge in [-0.2, -0.15) is 0 Å². The first kappa shape index (κ1) is 24.3. The van der Waals surface area contributed by atoms with Crippen LogP contribution in [-0.4, -0.2) is 58.3 Å². The smallest absolute Gasteiger partial charge is 0.316 e. The molecule has 0 heterocycles. The SMILES string of the molecule is O=C(O)C1C(Br)=C(Br)C(Br)=C(Br)C1(CC(O)CCCOCCO)C(=O)O. The Morgan fingerprint density at radius 2 is 1.73 bits per heavy atom. The summed E-state index contributed by atoms with van der Waals surface area (Å²) in [6, 6.07) is 0. The van der Waals surface area contributed by atoms with E-state index in [-0.39, 0.29) is 35.0 Å². The number of allylic oxidation sites excluding steroid dienone is 2. The molecule has 4 N–H and O–H groups in total. The zero-order valence-corrected chi connectivity index (χ0v) is 19.8. The second kappa shape index (κ2) is 10.7. The molecule has 148 valence electrons. The summed E-state index contributed by atoms with van der Waals surface area (Å²) in [6.07, 6.45) is -0.689. The molecule has 0 aromatic rings. The van der Waals surface area contributed by atoms with E-state index in [0.29, 0.717) is 22.0 Å². The van der Waals surface area contributed by atoms with E-state index in [9.17, 15) is 24.9 Å². The predicted molar refractivity (Wildman–Crippen MR) is 109 cm³/mol. The maximum atomic E-state index is 12.2. The Labute approximate surface area is 184 Å². The fourth-order valence-electron chi connectivity index (χ4n) is 2.76. The van der Waals surface area contributed by atoms with E-state index in [1.165, 1.54) is 0 Å². The van der Waals surface area contributed by atoms with Crippen molar-refractivity contribution < 1.29 is 34.8 Å². The van der Waals surface area contributed by atoms with Crippen LogP contribution in [0, 0.1) is 11.3 Å². The molecule has 0 amide bonds. The van der Waals surface area contributed by atoms with Gasteiger partial charge in [0.25, 0.3) is 0 Å². The third-order valence-corrected chi connectivity index (χ3v) is 9.15. The quantitative estimate of drug-likeness (QED) is 0.274. The number of ether oxygens (including phenoxy) is 1. The number of aliphatic hydroxyl groups excluding tert-OH is 2. The summed E-state index contributed by atoms with van der Waals surface area (Å²) in [5.41, 5.74) is -1.88. The molecule has 3 atom stereocenters. The van der Waals surface area contributed by atoms with Crippen molar-refractivity contribution in [3.63, 3.8) is 0 Å². The predicted octanol–water partition coefficient (Wildman–Crippen LogP) is 3.31. The molecule has 0 radical (unpaired) electrons. The van der Waals surface area contributed by atoms with Crippen LogP contribution >= 0.6 is 63.7 Å². The van der Waals surface area contributed by atoms with Crippen molar-refractivity contribution in [1.29, 1.82) is 0 Å². The summed E-state index contributed by atoms with van der Waals surface area (Å²) < 4.78 is 6.16. The first-order valence-corrected chi connectivity index (χ1v) is 10.7. The lowest BCUT2D eigenvalue weighted by Crippen LogP contribution is -2.47. The molecule has 0 saturated heterocycles. The van der Waals surface area contributed by atoms with Gasteiger partial charge in [0.05, 0.1) is 19.3 Å². The van der Waals surface area contributed by atoms with Gasteiger partial charge < -0.3 is 25.2 Å². The van der Waals surface area contributed by atoms with Gasteiger partial charge in [-0.25, -0.2) is 0 Å². The molecule has 0 bridgehead atoms. The molecule has 0 aromatic carbocycles. The van der Waals surface area contributed by atoms with Crippen LogP contribution in [0.3, 0.4) is 0 Å². The Hall–Kier alpha value is 0.220. The average molecular weight is 630 g/mol. The van der Waals surface area contributed by atoms with Crippen LogP contribution in [-0.2, 0) is 14.3 Å². The third-order valence-electron chi connectivity index (χ3n) is 3.98. The Kier molecular flexibility index (Phi) is 9.96. The minimum atomic E-state index is -1.88. The Balaban J connectivity index is 3.13. The van der Waals surface area contributed by atoms with Gasteiger partial charge in [-0.15, -0.1) is 0 Å². The standard InChI is InChI=1S/C15H18Br4O7/c16-9-8(13(22)23)15(14(24)25,12(19)11(18)10(9)17)6-7(21)2-1-4-26-5-3-20/h7-8,20-21H,1-6H2,(H,22,23)(H,24,25). The topological polar surface area (TPSA) is 124 Å². The molecule has 0 spiro atoms. The third kappa shape index (κ3) is 5.18. The van der Waals surface area contributed by atoms with E-state index >= 15 is 0 Å². The highest BCUT2D eigenvalue weighted by Crippen LogP contribution is 2.57. The fraction of sp³-hybridized carbons (Fsp3) is 0.600. The highest BCUT2D eigenvalue weighted by atomic mass is 79.9. The first-order valence-electron chi connectivity index (χ1n) is 7.55. The molecule has 7 nitrogen and oxygen atoms in total. The maximum Gasteiger partial charge on any atom is 0.316 e. The molecule has 0 fully saturated rings. The van der Waals surface area contributed by atoms with Crippen LogP contribution < -0.4 is 0 Å². The number of carbonyl (C=O) groups is 2. The van der Waals surface area contributed by atoms with Gasteiger partial charge in [0.15, 0.2) is 0 Å². The number of halogens is 4. The van der Waals surface area contributed by atoms with Crippen LogP contribution in [0.2, 0.25) is 0 Å². The highest BCUT2D eigenvalue weighted by Gasteiger charge is 2.57. The Bertz CT molecular complexity index is 619. The maximum absolute atomic E-state index is 12.2. The molecule has 0 aromatic heterocycles. The average Bonchev–Trinajstić information content (AvgIpc) is 2.57. The van der Waals surface area contributed by atoms with E-state index < -0.39 is 29.4 Å². The lowest BCUT2D eigenvalue weighted by atomic mass is 9.68. The number of aliphatic carboxylic acids is 2. The monoisotopic (exact) mass is 626 g/mol. The van der Waals surface area contributed by atoms with Gasteiger partial charge in [-0.3, -0.25) is 9.59 Å². The van der Waals surface area contributed by atoms with E-state index in [4.69, 9.17) is 9.84 Å². The zero-order chi connectivity index (χ0) is 20.1. The fourth-order valence-corrected chi connectivity index (χ4v) is 5.83. The van der Waals surface area contributed by atoms with Crippen LogP contribution in [0.15, 0.2) is 17.9 Å². The second-order valence-electron chi connectivity index (χ2n) is 5.67. The number of aliphatic hydroxyl groups is 2. The molecule has 1 aliphatic carbocycles. The lowest BCUT2D eigenvalue weighted by molar-refractivity contribution is -0.159. The Morgan fingerprint density at radius 1 is 1.12 bits per heavy atom. The molecular formula is C15H18Br4O7. The molecule has 3 unspecified atom stereocenters. The largest absolute Gasteiger partial charge is 0.481 e. The molecule has 0 saturated carbocycles. The van der Waals surface area contributed by atoms with Crippen molar-refractivity contribution in [3.8, 4) is 0 Å². The normalized spacial score (nSPS) is 24.8. The highest BCUT2D eigenvalue weighted by molar-refractivity contribution is 9.17. The van der Waals surface area contributed by atoms with Crippen molar-refractivity contribution in [1.82, 2.24) is 0 Å². The van der Waals surface area contributed by atoms with Crippen molar-refractivity contribution in [3.05, 3.63) is 17.9 Å². The molecule has 1 aliphatic rings. The molecular weight excluding hydrogens is 612 g/mol. The Morgan fingerprint density at radius 3 is 2.23 bits per heavy atom. The van der Waals surface area contributed by atoms with Crippen molar-refractivity contribution in [2.75, 3.05) is 19.8 Å². The van der Waals surface area contributed by atoms with Crippen molar-refractivity contribution in [2.24, 2.45) is 11.3 Å². The van der Waals surface area contributed by atoms with E-state index in [2.05, 4.69) is 63.7 Å². The summed E-state index contributed by atoms with van der Waals surface area (Å²) in [4.78, 5) is 24.0. The summed E-state index contributed by atoms with van der Waals surface area (Å²) in [6.45, 7) is 0.380. The van der Waals surface area contributed by atoms with Gasteiger partial charge in [-0.05, 0) is 51.1 Å². The van der Waals surface area contributed by atoms with Gasteiger partial charge in [-0.1, -0.05) is 31.9 Å². The number of carboxylic acids is 2. The van der Waals surface area contributed by atoms with E-state index in [0.717, 1.165) is 0 Å². The lowest BCUT2D eigenvalue weighted by Gasteiger charge is -2.40. The summed E-state index contributed by atoms with van der Waals surface area (Å²) >= 11 is 12.9. The first-order chi connectivity index (χ1) is 12.1. The van der Waals surface area contributed by atoms with Gasteiger partial charge in [0.2, 0.25) is 0 Å². The molecule has 0 aliphatic heterocycles. The summed E-state index contributed by atoms with van der Waals surface area (Å²) in [5, 5.41) is 38.6. The van der Waals surface area contributed by atoms with Crippen LogP contribution in [0.25, 0.3) is 0 Å². The minimum absolute atomic E-state index is 0.105. The van der Waals surface area contributed by atoms with Gasteiger partial charge in [0, 0.05) is 24.5 Å². The number of hydrogen-bond acceptors (Lipinski definition) is 5. The molecule has 1 rings (SSSR count). The zero-order valence-electron chi connectivity index (χ0n) is 13.4. The van der Waals surface area contributed by atoms with Crippen LogP contribution in [0.1, 0.15) is 19.3 Å². The van der Waals surface area contributed by atoms with E-state index in [1.807, 2.05) is 0 Å². The van der Waals surface area contributed by atoms with Gasteiger partial charge in [0.1, 0.15) is 11.3 Å². The molecule has 26 heavy (non-hydrogen) atoms. The molecule has 11 heteroatoms. The summed E-state index contributed by atoms with van der Waals surface area (Å²) in [5.74, 6) is -4.11. The van der Waals surface area contributed by atoms with Gasteiger partial charge >= 0.3 is 11.9 Å². The summed E-state index contributed by atoms with van der Waals surface area (Å²) in [7, 11) is 0. The minimum Gasteiger partial charge on any atom is -0.481 e. The van der Waals surface area contributed by atoms with Crippen molar-refractivity contribution >= 4 is 75.7 Å². The van der Waals surface area contributed by atoms with Crippen LogP contribution in [0.5, 0.6) is 0 Å². The number of carboxylic acid groups (broad SMARTS) is 2. The number of hydrogen-bond donors (Lipinski definition) is 4. The van der Waals surface area contributed by atoms with E-state index in [1.54, 1.807) is 0 Å². The second-order valence-corrected chi connectivity index (χ2v) is 8.91. The van der Waals surface area contributed by atoms with Crippen LogP contribution in [0.4, 0.5) is 0 Å². The number of rotatable bonds is 10. The van der Waals surface area contributed by atoms with Crippen molar-refractivity contribution in [2.45, 2.75) is 25.4 Å².